The van der Waals surface area contributed by atoms with Gasteiger partial charge in [0.1, 0.15) is 0 Å². The molecule has 6 heteroatoms. The van der Waals surface area contributed by atoms with Crippen molar-refractivity contribution in [2.75, 3.05) is 0 Å². The molecule has 1 aliphatic rings. The second-order valence-electron chi connectivity index (χ2n) is 5.95. The highest BCUT2D eigenvalue weighted by Crippen LogP contribution is 2.31. The largest absolute Gasteiger partial charge is 0.352 e. The van der Waals surface area contributed by atoms with Crippen LogP contribution in [-0.2, 0) is 11.3 Å². The fourth-order valence-electron chi connectivity index (χ4n) is 2.84. The van der Waals surface area contributed by atoms with Crippen LogP contribution < -0.4 is 11.1 Å². The van der Waals surface area contributed by atoms with Crippen LogP contribution in [0.4, 0.5) is 5.69 Å². The minimum Gasteiger partial charge on any atom is -0.352 e. The van der Waals surface area contributed by atoms with Crippen molar-refractivity contribution in [2.45, 2.75) is 44.7 Å². The van der Waals surface area contributed by atoms with Crippen LogP contribution in [0.3, 0.4) is 0 Å². The second-order valence-corrected chi connectivity index (χ2v) is 5.95. The first-order chi connectivity index (χ1) is 9.90. The zero-order valence-electron chi connectivity index (χ0n) is 12.2. The van der Waals surface area contributed by atoms with Gasteiger partial charge in [-0.15, -0.1) is 0 Å². The smallest absolute Gasteiger partial charge is 0.269 e. The first-order valence-electron chi connectivity index (χ1n) is 7.20. The number of nitrogens with one attached hydrogen (secondary N) is 1. The van der Waals surface area contributed by atoms with Crippen LogP contribution in [0, 0.1) is 16.0 Å². The molecule has 0 heterocycles. The summed E-state index contributed by atoms with van der Waals surface area (Å²) in [4.78, 5) is 22.4. The van der Waals surface area contributed by atoms with Gasteiger partial charge >= 0.3 is 0 Å². The number of non-ortho nitro benzene ring substituents is 1. The molecule has 0 aliphatic heterocycles. The van der Waals surface area contributed by atoms with Gasteiger partial charge in [0.15, 0.2) is 0 Å². The van der Waals surface area contributed by atoms with Crippen LogP contribution in [0.5, 0.6) is 0 Å². The van der Waals surface area contributed by atoms with E-state index < -0.39 is 10.5 Å². The molecular formula is C15H21N3O3. The molecule has 1 aromatic carbocycles. The molecule has 1 aromatic rings. The highest BCUT2D eigenvalue weighted by atomic mass is 16.6. The van der Waals surface area contributed by atoms with Crippen molar-refractivity contribution in [3.8, 4) is 0 Å². The van der Waals surface area contributed by atoms with E-state index >= 15 is 0 Å². The van der Waals surface area contributed by atoms with Crippen molar-refractivity contribution in [1.29, 1.82) is 0 Å². The number of hydrogen-bond acceptors (Lipinski definition) is 4. The van der Waals surface area contributed by atoms with Crippen LogP contribution in [-0.4, -0.2) is 16.4 Å². The van der Waals surface area contributed by atoms with Crippen molar-refractivity contribution in [3.63, 3.8) is 0 Å². The van der Waals surface area contributed by atoms with Crippen molar-refractivity contribution < 1.29 is 9.72 Å². The third-order valence-electron chi connectivity index (χ3n) is 4.18. The van der Waals surface area contributed by atoms with Crippen molar-refractivity contribution in [2.24, 2.45) is 11.7 Å². The maximum atomic E-state index is 12.3. The van der Waals surface area contributed by atoms with Crippen LogP contribution in [0.15, 0.2) is 24.3 Å². The average Bonchev–Trinajstić information content (AvgIpc) is 2.44. The van der Waals surface area contributed by atoms with E-state index in [1.165, 1.54) is 12.1 Å². The second kappa shape index (κ2) is 6.22. The lowest BCUT2D eigenvalue weighted by Crippen LogP contribution is -2.52. The van der Waals surface area contributed by atoms with Gasteiger partial charge in [0, 0.05) is 24.2 Å². The van der Waals surface area contributed by atoms with Gasteiger partial charge in [0.25, 0.3) is 5.69 Å². The molecule has 3 N–H and O–H groups in total. The number of nitrogens with two attached hydrogens (primary N) is 1. The number of nitrogens with zero attached hydrogens (tertiary/aromatic N) is 1. The Morgan fingerprint density at radius 3 is 2.67 bits per heavy atom. The number of carbonyl (C=O) groups excluding carboxylic acids is 1. The molecule has 1 amide bonds. The van der Waals surface area contributed by atoms with Gasteiger partial charge in [-0.25, -0.2) is 0 Å². The number of rotatable bonds is 4. The number of nitro benzene ring substituents is 1. The number of amides is 1. The highest BCUT2D eigenvalue weighted by molar-refractivity contribution is 5.80. The van der Waals surface area contributed by atoms with Gasteiger partial charge in [0.2, 0.25) is 5.91 Å². The Bertz CT molecular complexity index is 525. The molecule has 21 heavy (non-hydrogen) atoms. The molecule has 6 nitrogen and oxygen atoms in total. The first kappa shape index (κ1) is 15.4. The Balaban J connectivity index is 1.93. The van der Waals surface area contributed by atoms with E-state index in [-0.39, 0.29) is 17.5 Å². The van der Waals surface area contributed by atoms with Gasteiger partial charge in [-0.05, 0) is 25.3 Å². The Kier molecular flexibility index (Phi) is 4.57. The maximum Gasteiger partial charge on any atom is 0.269 e. The van der Waals surface area contributed by atoms with Crippen molar-refractivity contribution in [3.05, 3.63) is 39.9 Å². The molecule has 0 spiro atoms. The van der Waals surface area contributed by atoms with Crippen LogP contribution in [0.1, 0.15) is 38.2 Å². The van der Waals surface area contributed by atoms with Crippen molar-refractivity contribution >= 4 is 11.6 Å². The van der Waals surface area contributed by atoms with Gasteiger partial charge in [-0.3, -0.25) is 14.9 Å². The summed E-state index contributed by atoms with van der Waals surface area (Å²) in [7, 11) is 0. The Morgan fingerprint density at radius 2 is 2.10 bits per heavy atom. The first-order valence-corrected chi connectivity index (χ1v) is 7.20. The summed E-state index contributed by atoms with van der Waals surface area (Å²) in [6, 6.07) is 6.19. The molecule has 1 fully saturated rings. The van der Waals surface area contributed by atoms with E-state index in [1.807, 2.05) is 6.92 Å². The predicted molar refractivity (Wildman–Crippen MR) is 79.5 cm³/mol. The zero-order chi connectivity index (χ0) is 15.5. The zero-order valence-corrected chi connectivity index (χ0v) is 12.2. The molecule has 0 bridgehead atoms. The Labute approximate surface area is 123 Å². The summed E-state index contributed by atoms with van der Waals surface area (Å²) in [5.41, 5.74) is 6.65. The molecule has 1 aliphatic carbocycles. The maximum absolute atomic E-state index is 12.3. The van der Waals surface area contributed by atoms with E-state index in [0.717, 1.165) is 31.2 Å². The number of carbonyl (C=O) groups is 1. The van der Waals surface area contributed by atoms with E-state index in [9.17, 15) is 14.9 Å². The molecular weight excluding hydrogens is 270 g/mol. The average molecular weight is 291 g/mol. The number of hydrogen-bond donors (Lipinski definition) is 2. The van der Waals surface area contributed by atoms with Crippen molar-refractivity contribution in [1.82, 2.24) is 5.32 Å². The van der Waals surface area contributed by atoms with E-state index in [2.05, 4.69) is 5.32 Å². The quantitative estimate of drug-likeness (QED) is 0.655. The fourth-order valence-corrected chi connectivity index (χ4v) is 2.84. The van der Waals surface area contributed by atoms with E-state index in [0.29, 0.717) is 6.54 Å². The molecule has 2 unspecified atom stereocenters. The molecule has 2 rings (SSSR count). The summed E-state index contributed by atoms with van der Waals surface area (Å²) in [6.07, 6.45) is 3.78. The lowest BCUT2D eigenvalue weighted by atomic mass is 9.74. The molecule has 2 atom stereocenters. The summed E-state index contributed by atoms with van der Waals surface area (Å²) in [6.45, 7) is 2.30. The van der Waals surface area contributed by atoms with E-state index in [4.69, 9.17) is 5.73 Å². The van der Waals surface area contributed by atoms with Gasteiger partial charge < -0.3 is 11.1 Å². The molecule has 114 valence electrons. The molecule has 0 aromatic heterocycles. The summed E-state index contributed by atoms with van der Waals surface area (Å²) in [5.74, 6) is -0.192. The summed E-state index contributed by atoms with van der Waals surface area (Å²) in [5, 5.41) is 13.5. The van der Waals surface area contributed by atoms with Crippen LogP contribution in [0.25, 0.3) is 0 Å². The van der Waals surface area contributed by atoms with Gasteiger partial charge in [0.05, 0.1) is 10.8 Å². The normalized spacial score (nSPS) is 25.3. The van der Waals surface area contributed by atoms with E-state index in [1.54, 1.807) is 12.1 Å². The topological polar surface area (TPSA) is 98.3 Å². The Hall–Kier alpha value is -1.95. The van der Waals surface area contributed by atoms with Crippen LogP contribution >= 0.6 is 0 Å². The van der Waals surface area contributed by atoms with Crippen LogP contribution in [0.2, 0.25) is 0 Å². The molecule has 0 radical (unpaired) electrons. The Morgan fingerprint density at radius 1 is 1.43 bits per heavy atom. The predicted octanol–water partition coefficient (Wildman–Crippen LogP) is 2.12. The summed E-state index contributed by atoms with van der Waals surface area (Å²) < 4.78 is 0. The molecule has 0 saturated heterocycles. The standard InChI is InChI=1S/C15H21N3O3/c1-15(16)9-3-2-4-13(15)14(19)17-10-11-5-7-12(8-6-11)18(20)21/h5-8,13H,2-4,9-10,16H2,1H3,(H,17,19). The lowest BCUT2D eigenvalue weighted by Gasteiger charge is -2.37. The minimum absolute atomic E-state index is 0.0296. The molecule has 1 saturated carbocycles. The van der Waals surface area contributed by atoms with Gasteiger partial charge in [-0.1, -0.05) is 25.0 Å². The monoisotopic (exact) mass is 291 g/mol. The third-order valence-corrected chi connectivity index (χ3v) is 4.18. The lowest BCUT2D eigenvalue weighted by molar-refractivity contribution is -0.384. The summed E-state index contributed by atoms with van der Waals surface area (Å²) >= 11 is 0. The van der Waals surface area contributed by atoms with Gasteiger partial charge in [-0.2, -0.15) is 0 Å². The third kappa shape index (κ3) is 3.78. The highest BCUT2D eigenvalue weighted by Gasteiger charge is 2.37. The number of benzene rings is 1. The fraction of sp³-hybridized carbons (Fsp3) is 0.533. The number of nitro groups is 1. The SMILES string of the molecule is CC1(N)CCCCC1C(=O)NCc1ccc([N+](=O)[O-])cc1. The minimum atomic E-state index is -0.447.